The van der Waals surface area contributed by atoms with E-state index in [0.717, 1.165) is 37.0 Å². The molecule has 158 valence electrons. The van der Waals surface area contributed by atoms with E-state index in [-0.39, 0.29) is 10.5 Å². The van der Waals surface area contributed by atoms with Gasteiger partial charge >= 0.3 is 0 Å². The van der Waals surface area contributed by atoms with Gasteiger partial charge < -0.3 is 4.74 Å². The first-order chi connectivity index (χ1) is 14.6. The maximum absolute atomic E-state index is 12.9. The van der Waals surface area contributed by atoms with E-state index in [1.807, 2.05) is 18.2 Å². The molecule has 1 aliphatic heterocycles. The normalized spacial score (nSPS) is 19.1. The van der Waals surface area contributed by atoms with Crippen LogP contribution in [0.4, 0.5) is 0 Å². The van der Waals surface area contributed by atoms with E-state index in [4.69, 9.17) is 4.74 Å². The summed E-state index contributed by atoms with van der Waals surface area (Å²) in [5.74, 6) is -0.428. The van der Waals surface area contributed by atoms with Gasteiger partial charge in [-0.1, -0.05) is 30.3 Å². The molecule has 8 heteroatoms. The molecule has 1 amide bonds. The summed E-state index contributed by atoms with van der Waals surface area (Å²) in [5.41, 5.74) is 6.04. The number of ether oxygens (including phenoxy) is 1. The maximum atomic E-state index is 12.9. The molecule has 1 heterocycles. The van der Waals surface area contributed by atoms with Crippen molar-refractivity contribution in [1.82, 2.24) is 9.73 Å². The van der Waals surface area contributed by atoms with Crippen LogP contribution in [0.5, 0.6) is 0 Å². The Morgan fingerprint density at radius 2 is 1.77 bits per heavy atom. The molecule has 0 unspecified atom stereocenters. The van der Waals surface area contributed by atoms with E-state index >= 15 is 0 Å². The molecule has 0 aromatic heterocycles. The van der Waals surface area contributed by atoms with E-state index in [1.54, 1.807) is 12.1 Å². The summed E-state index contributed by atoms with van der Waals surface area (Å²) in [6.45, 7) is 1.37. The van der Waals surface area contributed by atoms with Crippen molar-refractivity contribution < 1.29 is 17.9 Å². The van der Waals surface area contributed by atoms with Gasteiger partial charge in [-0.05, 0) is 49.4 Å². The lowest BCUT2D eigenvalue weighted by Crippen LogP contribution is -2.40. The molecule has 0 atom stereocenters. The lowest BCUT2D eigenvalue weighted by atomic mass is 10.0. The molecule has 4 rings (SSSR count). The molecule has 1 aliphatic carbocycles. The van der Waals surface area contributed by atoms with Crippen LogP contribution in [-0.2, 0) is 21.2 Å². The summed E-state index contributed by atoms with van der Waals surface area (Å²) < 4.78 is 32.3. The molecule has 2 aliphatic rings. The number of sulfonamides is 1. The highest BCUT2D eigenvalue weighted by Crippen LogP contribution is 2.21. The highest BCUT2D eigenvalue weighted by atomic mass is 32.2. The van der Waals surface area contributed by atoms with Crippen LogP contribution in [-0.4, -0.2) is 50.6 Å². The Bertz CT molecular complexity index is 1060. The molecule has 0 bridgehead atoms. The molecular weight excluding hydrogens is 402 g/mol. The number of rotatable bonds is 4. The third-order valence-corrected chi connectivity index (χ3v) is 7.33. The largest absolute Gasteiger partial charge is 0.379 e. The second-order valence-corrected chi connectivity index (χ2v) is 9.35. The van der Waals surface area contributed by atoms with E-state index < -0.39 is 15.9 Å². The predicted molar refractivity (Wildman–Crippen MR) is 114 cm³/mol. The van der Waals surface area contributed by atoms with Crippen molar-refractivity contribution in [1.29, 1.82) is 0 Å². The molecule has 0 spiro atoms. The van der Waals surface area contributed by atoms with Crippen LogP contribution in [0.3, 0.4) is 0 Å². The van der Waals surface area contributed by atoms with Crippen molar-refractivity contribution in [3.05, 3.63) is 65.2 Å². The molecule has 1 N–H and O–H groups in total. The fourth-order valence-corrected chi connectivity index (χ4v) is 5.25. The Balaban J connectivity index is 1.53. The maximum Gasteiger partial charge on any atom is 0.271 e. The van der Waals surface area contributed by atoms with Crippen LogP contribution < -0.4 is 5.43 Å². The Morgan fingerprint density at radius 3 is 2.60 bits per heavy atom. The molecule has 30 heavy (non-hydrogen) atoms. The topological polar surface area (TPSA) is 88.1 Å². The number of fused-ring (bicyclic) bond motifs is 1. The van der Waals surface area contributed by atoms with Crippen LogP contribution in [0, 0.1) is 0 Å². The quantitative estimate of drug-likeness (QED) is 0.600. The van der Waals surface area contributed by atoms with Gasteiger partial charge in [-0.3, -0.25) is 4.79 Å². The number of aryl methyl sites for hydroxylation is 1. The summed E-state index contributed by atoms with van der Waals surface area (Å²) in [4.78, 5) is 12.8. The molecule has 0 saturated carbocycles. The number of hydrogen-bond acceptors (Lipinski definition) is 5. The zero-order chi connectivity index (χ0) is 21.0. The average molecular weight is 428 g/mol. The molecular formula is C22H25N3O4S. The zero-order valence-electron chi connectivity index (χ0n) is 16.7. The van der Waals surface area contributed by atoms with Gasteiger partial charge in [0.15, 0.2) is 0 Å². The first-order valence-electron chi connectivity index (χ1n) is 10.2. The third kappa shape index (κ3) is 4.45. The molecule has 7 nitrogen and oxygen atoms in total. The molecule has 2 aromatic rings. The second kappa shape index (κ2) is 9.07. The Labute approximate surface area is 176 Å². The highest BCUT2D eigenvalue weighted by molar-refractivity contribution is 7.89. The fraction of sp³-hybridized carbons (Fsp3) is 0.364. The minimum absolute atomic E-state index is 0.101. The second-order valence-electron chi connectivity index (χ2n) is 7.41. The Kier molecular flexibility index (Phi) is 6.26. The fourth-order valence-electron chi connectivity index (χ4n) is 3.80. The number of benzene rings is 2. The summed E-state index contributed by atoms with van der Waals surface area (Å²) in [6.07, 6.45) is 3.90. The Morgan fingerprint density at radius 1 is 1.00 bits per heavy atom. The smallest absolute Gasteiger partial charge is 0.271 e. The standard InChI is InChI=1S/C22H25N3O4S/c26-22(24-23-21-11-4-2-7-17-6-1-3-10-20(17)21)18-8-5-9-19(16-18)30(27,28)25-12-14-29-15-13-25/h1,3,5-6,8-10,16H,2,4,7,11-15H2,(H,24,26). The summed E-state index contributed by atoms with van der Waals surface area (Å²) in [7, 11) is -3.66. The highest BCUT2D eigenvalue weighted by Gasteiger charge is 2.27. The summed E-state index contributed by atoms with van der Waals surface area (Å²) in [5, 5.41) is 4.38. The van der Waals surface area contributed by atoms with Gasteiger partial charge in [-0.15, -0.1) is 0 Å². The SMILES string of the molecule is O=C(NN=C1CCCCc2ccccc21)c1cccc(S(=O)(=O)N2CCOCC2)c1. The lowest BCUT2D eigenvalue weighted by Gasteiger charge is -2.26. The molecule has 0 radical (unpaired) electrons. The summed E-state index contributed by atoms with van der Waals surface area (Å²) >= 11 is 0. The number of nitrogens with zero attached hydrogens (tertiary/aromatic N) is 2. The average Bonchev–Trinajstić information content (AvgIpc) is 3.00. The number of carbonyl (C=O) groups is 1. The van der Waals surface area contributed by atoms with Gasteiger partial charge in [0.05, 0.1) is 23.8 Å². The first-order valence-corrected chi connectivity index (χ1v) is 11.6. The van der Waals surface area contributed by atoms with Gasteiger partial charge in [0.1, 0.15) is 0 Å². The minimum Gasteiger partial charge on any atom is -0.379 e. The van der Waals surface area contributed by atoms with E-state index in [2.05, 4.69) is 16.6 Å². The van der Waals surface area contributed by atoms with Crippen molar-refractivity contribution in [3.8, 4) is 0 Å². The first kappa shape index (κ1) is 20.7. The number of nitrogens with one attached hydrogen (secondary N) is 1. The number of hydrazone groups is 1. The third-order valence-electron chi connectivity index (χ3n) is 5.43. The number of hydrogen-bond donors (Lipinski definition) is 1. The van der Waals surface area contributed by atoms with Gasteiger partial charge in [0.25, 0.3) is 5.91 Å². The van der Waals surface area contributed by atoms with Crippen LogP contribution in [0.1, 0.15) is 40.7 Å². The predicted octanol–water partition coefficient (Wildman–Crippen LogP) is 2.57. The van der Waals surface area contributed by atoms with Crippen molar-refractivity contribution >= 4 is 21.6 Å². The van der Waals surface area contributed by atoms with Crippen molar-refractivity contribution in [2.24, 2.45) is 5.10 Å². The van der Waals surface area contributed by atoms with Crippen LogP contribution in [0.25, 0.3) is 0 Å². The summed E-state index contributed by atoms with van der Waals surface area (Å²) in [6, 6.07) is 14.2. The minimum atomic E-state index is -3.66. The van der Waals surface area contributed by atoms with Crippen molar-refractivity contribution in [3.63, 3.8) is 0 Å². The van der Waals surface area contributed by atoms with E-state index in [9.17, 15) is 13.2 Å². The monoisotopic (exact) mass is 427 g/mol. The van der Waals surface area contributed by atoms with Crippen molar-refractivity contribution in [2.45, 2.75) is 30.6 Å². The molecule has 1 fully saturated rings. The van der Waals surface area contributed by atoms with Gasteiger partial charge in [0.2, 0.25) is 10.0 Å². The van der Waals surface area contributed by atoms with Crippen LogP contribution >= 0.6 is 0 Å². The lowest BCUT2D eigenvalue weighted by molar-refractivity contribution is 0.0730. The van der Waals surface area contributed by atoms with E-state index in [0.29, 0.717) is 26.3 Å². The zero-order valence-corrected chi connectivity index (χ0v) is 17.5. The Hall–Kier alpha value is -2.55. The molecule has 1 saturated heterocycles. The van der Waals surface area contributed by atoms with Gasteiger partial charge in [0, 0.05) is 24.2 Å². The van der Waals surface area contributed by atoms with Gasteiger partial charge in [-0.25, -0.2) is 13.8 Å². The van der Waals surface area contributed by atoms with E-state index in [1.165, 1.54) is 22.0 Å². The number of amides is 1. The number of carbonyl (C=O) groups excluding carboxylic acids is 1. The van der Waals surface area contributed by atoms with Crippen molar-refractivity contribution in [2.75, 3.05) is 26.3 Å². The molecule has 2 aromatic carbocycles. The van der Waals surface area contributed by atoms with Crippen LogP contribution in [0.2, 0.25) is 0 Å². The van der Waals surface area contributed by atoms with Gasteiger partial charge in [-0.2, -0.15) is 9.41 Å². The van der Waals surface area contributed by atoms with Crippen LogP contribution in [0.15, 0.2) is 58.5 Å². The number of morpholine rings is 1.